The number of likely N-dealkylation sites (tertiary alicyclic amines) is 1. The fraction of sp³-hybridized carbons (Fsp3) is 0.917. The minimum absolute atomic E-state index is 0.323. The van der Waals surface area contributed by atoms with Crippen molar-refractivity contribution in [3.63, 3.8) is 0 Å². The van der Waals surface area contributed by atoms with Crippen LogP contribution in [-0.4, -0.2) is 61.5 Å². The molecule has 0 aromatic heterocycles. The Morgan fingerprint density at radius 1 is 1.31 bits per heavy atom. The molecule has 2 aliphatic rings. The maximum Gasteiger partial charge on any atom is 0.223 e. The Morgan fingerprint density at radius 3 is 3.00 bits per heavy atom. The largest absolute Gasteiger partial charge is 0.340 e. The summed E-state index contributed by atoms with van der Waals surface area (Å²) in [6, 6.07) is 0.579. The number of carbonyl (C=O) groups excluding carboxylic acids is 1. The molecule has 2 aliphatic heterocycles. The molecule has 4 nitrogen and oxygen atoms in total. The molecule has 1 atom stereocenters. The van der Waals surface area contributed by atoms with E-state index < -0.39 is 0 Å². The zero-order valence-electron chi connectivity index (χ0n) is 10.2. The van der Waals surface area contributed by atoms with Gasteiger partial charge in [-0.3, -0.25) is 4.79 Å². The van der Waals surface area contributed by atoms with Crippen LogP contribution in [0.4, 0.5) is 0 Å². The molecule has 2 heterocycles. The summed E-state index contributed by atoms with van der Waals surface area (Å²) in [6.45, 7) is 4.78. The van der Waals surface area contributed by atoms with Gasteiger partial charge < -0.3 is 15.1 Å². The van der Waals surface area contributed by atoms with Crippen molar-refractivity contribution in [3.05, 3.63) is 0 Å². The number of likely N-dealkylation sites (N-methyl/N-ethyl adjacent to an activating group) is 1. The third-order valence-corrected chi connectivity index (χ3v) is 3.78. The predicted molar refractivity (Wildman–Crippen MR) is 64.3 cm³/mol. The summed E-state index contributed by atoms with van der Waals surface area (Å²) in [5.41, 5.74) is 0. The van der Waals surface area contributed by atoms with Crippen molar-refractivity contribution in [1.29, 1.82) is 0 Å². The number of nitrogens with one attached hydrogen (secondary N) is 1. The van der Waals surface area contributed by atoms with E-state index in [1.807, 2.05) is 4.90 Å². The van der Waals surface area contributed by atoms with Gasteiger partial charge in [0.1, 0.15) is 0 Å². The van der Waals surface area contributed by atoms with E-state index in [4.69, 9.17) is 0 Å². The lowest BCUT2D eigenvalue weighted by Crippen LogP contribution is -2.47. The molecule has 1 unspecified atom stereocenters. The fourth-order valence-electron chi connectivity index (χ4n) is 2.64. The highest BCUT2D eigenvalue weighted by Gasteiger charge is 2.24. The van der Waals surface area contributed by atoms with Crippen molar-refractivity contribution in [1.82, 2.24) is 15.1 Å². The zero-order valence-corrected chi connectivity index (χ0v) is 10.2. The molecule has 0 aromatic carbocycles. The number of hydrogen-bond donors (Lipinski definition) is 1. The van der Waals surface area contributed by atoms with E-state index in [1.165, 1.54) is 25.8 Å². The van der Waals surface area contributed by atoms with Gasteiger partial charge in [-0.15, -0.1) is 0 Å². The molecule has 4 heteroatoms. The highest BCUT2D eigenvalue weighted by molar-refractivity contribution is 5.76. The zero-order chi connectivity index (χ0) is 11.4. The number of amides is 1. The van der Waals surface area contributed by atoms with E-state index >= 15 is 0 Å². The van der Waals surface area contributed by atoms with Gasteiger partial charge in [0.2, 0.25) is 5.91 Å². The summed E-state index contributed by atoms with van der Waals surface area (Å²) < 4.78 is 0. The Hall–Kier alpha value is -0.610. The third kappa shape index (κ3) is 2.95. The number of hydrogen-bond acceptors (Lipinski definition) is 3. The smallest absolute Gasteiger partial charge is 0.223 e. The van der Waals surface area contributed by atoms with E-state index in [0.717, 1.165) is 26.2 Å². The van der Waals surface area contributed by atoms with Crippen molar-refractivity contribution in [3.8, 4) is 0 Å². The number of piperidine rings is 1. The van der Waals surface area contributed by atoms with Crippen LogP contribution in [0.1, 0.15) is 25.7 Å². The first-order chi connectivity index (χ1) is 7.77. The summed E-state index contributed by atoms with van der Waals surface area (Å²) in [7, 11) is 2.18. The number of nitrogens with zero attached hydrogens (tertiary/aromatic N) is 2. The quantitative estimate of drug-likeness (QED) is 0.734. The molecule has 0 radical (unpaired) electrons. The van der Waals surface area contributed by atoms with Gasteiger partial charge in [0, 0.05) is 38.6 Å². The van der Waals surface area contributed by atoms with Gasteiger partial charge in [-0.2, -0.15) is 0 Å². The summed E-state index contributed by atoms with van der Waals surface area (Å²) in [5, 5.41) is 3.28. The van der Waals surface area contributed by atoms with Gasteiger partial charge in [0.05, 0.1) is 0 Å². The second-order valence-corrected chi connectivity index (χ2v) is 4.97. The van der Waals surface area contributed by atoms with Gasteiger partial charge in [-0.1, -0.05) is 6.42 Å². The first kappa shape index (κ1) is 11.9. The van der Waals surface area contributed by atoms with Gasteiger partial charge in [0.15, 0.2) is 0 Å². The van der Waals surface area contributed by atoms with Crippen LogP contribution in [0.15, 0.2) is 0 Å². The van der Waals surface area contributed by atoms with Crippen LogP contribution in [-0.2, 0) is 4.79 Å². The van der Waals surface area contributed by atoms with E-state index in [-0.39, 0.29) is 0 Å². The van der Waals surface area contributed by atoms with Crippen LogP contribution in [0.3, 0.4) is 0 Å². The van der Waals surface area contributed by atoms with Crippen molar-refractivity contribution >= 4 is 5.91 Å². The molecule has 1 N–H and O–H groups in total. The van der Waals surface area contributed by atoms with Crippen LogP contribution >= 0.6 is 0 Å². The molecule has 0 spiro atoms. The van der Waals surface area contributed by atoms with Gasteiger partial charge >= 0.3 is 0 Å². The first-order valence-corrected chi connectivity index (χ1v) is 6.46. The summed E-state index contributed by atoms with van der Waals surface area (Å²) in [4.78, 5) is 16.3. The molecule has 0 saturated carbocycles. The third-order valence-electron chi connectivity index (χ3n) is 3.78. The van der Waals surface area contributed by atoms with E-state index in [1.54, 1.807) is 0 Å². The van der Waals surface area contributed by atoms with Gasteiger partial charge in [-0.25, -0.2) is 0 Å². The average Bonchev–Trinajstić information content (AvgIpc) is 2.48. The monoisotopic (exact) mass is 225 g/mol. The summed E-state index contributed by atoms with van der Waals surface area (Å²) >= 11 is 0. The molecule has 0 aliphatic carbocycles. The van der Waals surface area contributed by atoms with Crippen molar-refractivity contribution in [2.24, 2.45) is 0 Å². The van der Waals surface area contributed by atoms with Crippen LogP contribution in [0, 0.1) is 0 Å². The van der Waals surface area contributed by atoms with E-state index in [9.17, 15) is 4.79 Å². The molecular weight excluding hydrogens is 202 g/mol. The van der Waals surface area contributed by atoms with Gasteiger partial charge in [0.25, 0.3) is 0 Å². The van der Waals surface area contributed by atoms with Crippen LogP contribution in [0.25, 0.3) is 0 Å². The summed E-state index contributed by atoms with van der Waals surface area (Å²) in [5.74, 6) is 0.323. The Kier molecular flexibility index (Phi) is 4.18. The summed E-state index contributed by atoms with van der Waals surface area (Å²) in [6.07, 6.45) is 4.53. The lowest BCUT2D eigenvalue weighted by molar-refractivity contribution is -0.131. The Morgan fingerprint density at radius 2 is 2.19 bits per heavy atom. The normalized spacial score (nSPS) is 29.2. The van der Waals surface area contributed by atoms with Crippen molar-refractivity contribution in [2.75, 3.05) is 39.8 Å². The molecule has 2 saturated heterocycles. The first-order valence-electron chi connectivity index (χ1n) is 6.46. The predicted octanol–water partition coefficient (Wildman–Crippen LogP) is 0.293. The standard InChI is InChI=1S/C12H23N3O/c1-14-8-3-2-4-11(14)10-15-9-7-13-6-5-12(15)16/h11,13H,2-10H2,1H3. The van der Waals surface area contributed by atoms with Crippen LogP contribution in [0.2, 0.25) is 0 Å². The topological polar surface area (TPSA) is 35.6 Å². The molecule has 2 fully saturated rings. The second kappa shape index (κ2) is 5.64. The Labute approximate surface area is 98.0 Å². The van der Waals surface area contributed by atoms with E-state index in [0.29, 0.717) is 18.4 Å². The average molecular weight is 225 g/mol. The molecule has 1 amide bonds. The molecule has 0 aromatic rings. The second-order valence-electron chi connectivity index (χ2n) is 4.97. The van der Waals surface area contributed by atoms with E-state index in [2.05, 4.69) is 17.3 Å². The Bertz CT molecular complexity index is 244. The molecular formula is C12H23N3O. The number of carbonyl (C=O) groups is 1. The molecule has 2 rings (SSSR count). The molecule has 92 valence electrons. The van der Waals surface area contributed by atoms with Crippen molar-refractivity contribution in [2.45, 2.75) is 31.7 Å². The maximum absolute atomic E-state index is 11.9. The highest BCUT2D eigenvalue weighted by atomic mass is 16.2. The van der Waals surface area contributed by atoms with Crippen LogP contribution in [0.5, 0.6) is 0 Å². The maximum atomic E-state index is 11.9. The minimum atomic E-state index is 0.323. The SMILES string of the molecule is CN1CCCCC1CN1CCNCCC1=O. The highest BCUT2D eigenvalue weighted by Crippen LogP contribution is 2.16. The van der Waals surface area contributed by atoms with Gasteiger partial charge in [-0.05, 0) is 26.4 Å². The lowest BCUT2D eigenvalue weighted by Gasteiger charge is -2.36. The fourth-order valence-corrected chi connectivity index (χ4v) is 2.64. The molecule has 0 bridgehead atoms. The van der Waals surface area contributed by atoms with Crippen molar-refractivity contribution < 1.29 is 4.79 Å². The number of rotatable bonds is 2. The molecule has 16 heavy (non-hydrogen) atoms. The lowest BCUT2D eigenvalue weighted by atomic mass is 10.0. The Balaban J connectivity index is 1.88. The minimum Gasteiger partial charge on any atom is -0.340 e. The van der Waals surface area contributed by atoms with Crippen LogP contribution < -0.4 is 5.32 Å².